The van der Waals surface area contributed by atoms with Crippen molar-refractivity contribution in [1.82, 2.24) is 9.97 Å². The van der Waals surface area contributed by atoms with E-state index >= 15 is 0 Å². The number of ether oxygens (including phenoxy) is 2. The molecule has 21 heavy (non-hydrogen) atoms. The molecule has 0 spiro atoms. The third-order valence-electron chi connectivity index (χ3n) is 2.81. The van der Waals surface area contributed by atoms with Crippen molar-refractivity contribution in [2.45, 2.75) is 6.92 Å². The molecule has 0 saturated heterocycles. The maximum Gasteiger partial charge on any atom is 0.325 e. The average molecular weight is 278 g/mol. The molecule has 0 aliphatic rings. The van der Waals surface area contributed by atoms with Gasteiger partial charge in [-0.3, -0.25) is 0 Å². The van der Waals surface area contributed by atoms with Gasteiger partial charge in [0.2, 0.25) is 5.88 Å². The molecule has 3 aromatic rings. The van der Waals surface area contributed by atoms with E-state index in [1.807, 2.05) is 67.6 Å². The first-order valence-corrected chi connectivity index (χ1v) is 6.61. The Hall–Kier alpha value is -2.88. The van der Waals surface area contributed by atoms with Crippen molar-refractivity contribution < 1.29 is 9.47 Å². The average Bonchev–Trinajstić information content (AvgIpc) is 2.53. The molecule has 0 radical (unpaired) electrons. The SMILES string of the molecule is Cc1cnc(Oc2ccccc2)nc1Oc1ccccc1. The van der Waals surface area contributed by atoms with Crippen LogP contribution in [0.15, 0.2) is 66.9 Å². The van der Waals surface area contributed by atoms with Crippen LogP contribution in [0.25, 0.3) is 0 Å². The molecule has 2 aromatic carbocycles. The van der Waals surface area contributed by atoms with E-state index < -0.39 is 0 Å². The largest absolute Gasteiger partial charge is 0.439 e. The lowest BCUT2D eigenvalue weighted by atomic mass is 10.3. The van der Waals surface area contributed by atoms with Crippen molar-refractivity contribution >= 4 is 0 Å². The molecule has 0 saturated carbocycles. The summed E-state index contributed by atoms with van der Waals surface area (Å²) in [5, 5.41) is 0. The minimum absolute atomic E-state index is 0.262. The van der Waals surface area contributed by atoms with Gasteiger partial charge >= 0.3 is 6.01 Å². The van der Waals surface area contributed by atoms with Gasteiger partial charge in [0.05, 0.1) is 0 Å². The summed E-state index contributed by atoms with van der Waals surface area (Å²) in [7, 11) is 0. The molecule has 0 atom stereocenters. The monoisotopic (exact) mass is 278 g/mol. The maximum absolute atomic E-state index is 5.76. The van der Waals surface area contributed by atoms with Gasteiger partial charge in [0.25, 0.3) is 0 Å². The molecule has 0 aliphatic heterocycles. The highest BCUT2D eigenvalue weighted by Crippen LogP contribution is 2.25. The molecule has 0 N–H and O–H groups in total. The molecular formula is C17H14N2O2. The molecule has 0 unspecified atom stereocenters. The Labute approximate surface area is 123 Å². The first-order valence-electron chi connectivity index (χ1n) is 6.61. The predicted molar refractivity (Wildman–Crippen MR) is 79.8 cm³/mol. The fourth-order valence-electron chi connectivity index (χ4n) is 1.76. The van der Waals surface area contributed by atoms with Crippen LogP contribution in [-0.2, 0) is 0 Å². The van der Waals surface area contributed by atoms with Gasteiger partial charge in [-0.25, -0.2) is 4.98 Å². The van der Waals surface area contributed by atoms with Crippen molar-refractivity contribution in [3.8, 4) is 23.4 Å². The first-order chi connectivity index (χ1) is 10.3. The highest BCUT2D eigenvalue weighted by molar-refractivity contribution is 5.32. The van der Waals surface area contributed by atoms with E-state index in [0.717, 1.165) is 11.3 Å². The Kier molecular flexibility index (Phi) is 3.78. The van der Waals surface area contributed by atoms with Crippen molar-refractivity contribution in [2.24, 2.45) is 0 Å². The Morgan fingerprint density at radius 1 is 0.762 bits per heavy atom. The van der Waals surface area contributed by atoms with E-state index in [0.29, 0.717) is 11.6 Å². The van der Waals surface area contributed by atoms with Crippen LogP contribution in [0.2, 0.25) is 0 Å². The van der Waals surface area contributed by atoms with Gasteiger partial charge in [0, 0.05) is 11.8 Å². The van der Waals surface area contributed by atoms with Crippen LogP contribution in [0.4, 0.5) is 0 Å². The lowest BCUT2D eigenvalue weighted by molar-refractivity contribution is 0.409. The Balaban J connectivity index is 1.83. The molecule has 4 nitrogen and oxygen atoms in total. The van der Waals surface area contributed by atoms with E-state index in [1.54, 1.807) is 6.20 Å². The van der Waals surface area contributed by atoms with Crippen LogP contribution in [0.3, 0.4) is 0 Å². The maximum atomic E-state index is 5.76. The van der Waals surface area contributed by atoms with Gasteiger partial charge in [-0.2, -0.15) is 4.98 Å². The summed E-state index contributed by atoms with van der Waals surface area (Å²) >= 11 is 0. The Morgan fingerprint density at radius 2 is 1.33 bits per heavy atom. The van der Waals surface area contributed by atoms with Gasteiger partial charge < -0.3 is 9.47 Å². The second kappa shape index (κ2) is 6.05. The zero-order valence-corrected chi connectivity index (χ0v) is 11.6. The molecule has 0 amide bonds. The molecule has 3 rings (SSSR count). The summed E-state index contributed by atoms with van der Waals surface area (Å²) in [6.45, 7) is 1.89. The van der Waals surface area contributed by atoms with E-state index in [9.17, 15) is 0 Å². The zero-order valence-electron chi connectivity index (χ0n) is 11.6. The number of nitrogens with zero attached hydrogens (tertiary/aromatic N) is 2. The number of hydrogen-bond acceptors (Lipinski definition) is 4. The summed E-state index contributed by atoms with van der Waals surface area (Å²) in [4.78, 5) is 8.47. The zero-order chi connectivity index (χ0) is 14.5. The van der Waals surface area contributed by atoms with Crippen molar-refractivity contribution in [2.75, 3.05) is 0 Å². The number of benzene rings is 2. The van der Waals surface area contributed by atoms with Crippen molar-refractivity contribution in [3.63, 3.8) is 0 Å². The molecule has 1 heterocycles. The van der Waals surface area contributed by atoms with Crippen LogP contribution in [0.1, 0.15) is 5.56 Å². The summed E-state index contributed by atoms with van der Waals surface area (Å²) in [6, 6.07) is 19.2. The highest BCUT2D eigenvalue weighted by atomic mass is 16.5. The number of aromatic nitrogens is 2. The third kappa shape index (κ3) is 3.36. The van der Waals surface area contributed by atoms with E-state index in [1.165, 1.54) is 0 Å². The Morgan fingerprint density at radius 3 is 1.95 bits per heavy atom. The van der Waals surface area contributed by atoms with E-state index in [2.05, 4.69) is 9.97 Å². The summed E-state index contributed by atoms with van der Waals surface area (Å²) in [6.07, 6.45) is 1.68. The molecule has 1 aromatic heterocycles. The minimum atomic E-state index is 0.262. The molecule has 0 bridgehead atoms. The molecule has 0 fully saturated rings. The first kappa shape index (κ1) is 13.1. The molecule has 104 valence electrons. The van der Waals surface area contributed by atoms with Crippen molar-refractivity contribution in [1.29, 1.82) is 0 Å². The number of hydrogen-bond donors (Lipinski definition) is 0. The fourth-order valence-corrected chi connectivity index (χ4v) is 1.76. The standard InChI is InChI=1S/C17H14N2O2/c1-13-12-18-17(21-15-10-6-3-7-11-15)19-16(13)20-14-8-4-2-5-9-14/h2-12H,1H3. The van der Waals surface area contributed by atoms with Gasteiger partial charge in [-0.15, -0.1) is 0 Å². The van der Waals surface area contributed by atoms with Gasteiger partial charge in [-0.1, -0.05) is 36.4 Å². The predicted octanol–water partition coefficient (Wildman–Crippen LogP) is 4.37. The van der Waals surface area contributed by atoms with Crippen LogP contribution in [0.5, 0.6) is 23.4 Å². The van der Waals surface area contributed by atoms with E-state index in [4.69, 9.17) is 9.47 Å². The Bertz CT molecular complexity index is 715. The second-order valence-corrected chi connectivity index (χ2v) is 4.47. The normalized spacial score (nSPS) is 10.1. The quantitative estimate of drug-likeness (QED) is 0.710. The summed E-state index contributed by atoms with van der Waals surface area (Å²) in [5.74, 6) is 1.90. The molecule has 0 aliphatic carbocycles. The number of para-hydroxylation sites is 2. The van der Waals surface area contributed by atoms with Crippen molar-refractivity contribution in [3.05, 3.63) is 72.4 Å². The van der Waals surface area contributed by atoms with Gasteiger partial charge in [0.15, 0.2) is 0 Å². The number of rotatable bonds is 4. The lowest BCUT2D eigenvalue weighted by Crippen LogP contribution is -1.97. The molecular weight excluding hydrogens is 264 g/mol. The van der Waals surface area contributed by atoms with Crippen LogP contribution in [0, 0.1) is 6.92 Å². The van der Waals surface area contributed by atoms with Crippen LogP contribution >= 0.6 is 0 Å². The highest BCUT2D eigenvalue weighted by Gasteiger charge is 2.08. The van der Waals surface area contributed by atoms with Gasteiger partial charge in [-0.05, 0) is 31.2 Å². The van der Waals surface area contributed by atoms with Crippen LogP contribution < -0.4 is 9.47 Å². The number of aryl methyl sites for hydroxylation is 1. The van der Waals surface area contributed by atoms with E-state index in [-0.39, 0.29) is 6.01 Å². The van der Waals surface area contributed by atoms with Crippen LogP contribution in [-0.4, -0.2) is 9.97 Å². The lowest BCUT2D eigenvalue weighted by Gasteiger charge is -2.09. The topological polar surface area (TPSA) is 44.2 Å². The third-order valence-corrected chi connectivity index (χ3v) is 2.81. The van der Waals surface area contributed by atoms with Gasteiger partial charge in [0.1, 0.15) is 11.5 Å². The fraction of sp³-hybridized carbons (Fsp3) is 0.0588. The second-order valence-electron chi connectivity index (χ2n) is 4.47. The minimum Gasteiger partial charge on any atom is -0.439 e. The molecule has 4 heteroatoms. The summed E-state index contributed by atoms with van der Waals surface area (Å²) in [5.41, 5.74) is 0.847. The smallest absolute Gasteiger partial charge is 0.325 e. The summed E-state index contributed by atoms with van der Waals surface area (Å²) < 4.78 is 11.4.